The lowest BCUT2D eigenvalue weighted by atomic mass is 10.1. The van der Waals surface area contributed by atoms with Crippen LogP contribution in [0.3, 0.4) is 0 Å². The van der Waals surface area contributed by atoms with Crippen molar-refractivity contribution in [1.29, 1.82) is 5.26 Å². The van der Waals surface area contributed by atoms with E-state index >= 15 is 0 Å². The molecule has 4 nitrogen and oxygen atoms in total. The molecule has 0 bridgehead atoms. The summed E-state index contributed by atoms with van der Waals surface area (Å²) in [6.45, 7) is 0.761. The van der Waals surface area contributed by atoms with E-state index in [2.05, 4.69) is 16.0 Å². The zero-order valence-corrected chi connectivity index (χ0v) is 11.2. The molecule has 2 aromatic rings. The number of hydrogen-bond donors (Lipinski definition) is 1. The molecule has 1 aromatic carbocycles. The lowest BCUT2D eigenvalue weighted by Gasteiger charge is -2.24. The highest BCUT2D eigenvalue weighted by atomic mass is 15.2. The maximum absolute atomic E-state index is 9.24. The average molecular weight is 264 g/mol. The number of nitrogens with zero attached hydrogens (tertiary/aromatic N) is 3. The minimum Gasteiger partial charge on any atom is -0.399 e. The van der Waals surface area contributed by atoms with E-state index in [-0.39, 0.29) is 0 Å². The summed E-state index contributed by atoms with van der Waals surface area (Å²) in [6.07, 6.45) is 4.07. The van der Waals surface area contributed by atoms with E-state index in [1.807, 2.05) is 30.3 Å². The molecule has 0 unspecified atom stereocenters. The molecule has 1 saturated carbocycles. The van der Waals surface area contributed by atoms with Crippen molar-refractivity contribution < 1.29 is 0 Å². The number of nitrogen functional groups attached to an aromatic ring is 1. The van der Waals surface area contributed by atoms with Crippen molar-refractivity contribution in [3.05, 3.63) is 53.7 Å². The van der Waals surface area contributed by atoms with Crippen LogP contribution in [0.2, 0.25) is 0 Å². The summed E-state index contributed by atoms with van der Waals surface area (Å²) >= 11 is 0. The third kappa shape index (κ3) is 2.57. The van der Waals surface area contributed by atoms with Gasteiger partial charge in [-0.15, -0.1) is 0 Å². The number of hydrogen-bond acceptors (Lipinski definition) is 4. The van der Waals surface area contributed by atoms with Crippen LogP contribution in [0.15, 0.2) is 42.6 Å². The van der Waals surface area contributed by atoms with Gasteiger partial charge in [0.1, 0.15) is 11.9 Å². The highest BCUT2D eigenvalue weighted by Gasteiger charge is 2.31. The molecule has 1 aliphatic rings. The van der Waals surface area contributed by atoms with Gasteiger partial charge in [-0.1, -0.05) is 12.1 Å². The van der Waals surface area contributed by atoms with E-state index in [0.29, 0.717) is 11.6 Å². The average Bonchev–Trinajstić information content (AvgIpc) is 3.31. The third-order valence-electron chi connectivity index (χ3n) is 3.50. The van der Waals surface area contributed by atoms with Crippen LogP contribution in [0.5, 0.6) is 0 Å². The van der Waals surface area contributed by atoms with Crippen LogP contribution < -0.4 is 10.6 Å². The minimum absolute atomic E-state index is 0.495. The molecule has 0 spiro atoms. The normalized spacial score (nSPS) is 13.8. The summed E-state index contributed by atoms with van der Waals surface area (Å²) in [6, 6.07) is 14.2. The number of benzene rings is 1. The summed E-state index contributed by atoms with van der Waals surface area (Å²) in [5.41, 5.74) is 8.30. The highest BCUT2D eigenvalue weighted by molar-refractivity contribution is 5.55. The van der Waals surface area contributed by atoms with Crippen LogP contribution in [-0.2, 0) is 6.54 Å². The molecular weight excluding hydrogens is 248 g/mol. The Morgan fingerprint density at radius 2 is 2.00 bits per heavy atom. The summed E-state index contributed by atoms with van der Waals surface area (Å²) in [4.78, 5) is 6.63. The zero-order valence-electron chi connectivity index (χ0n) is 11.2. The van der Waals surface area contributed by atoms with Crippen LogP contribution in [-0.4, -0.2) is 11.0 Å². The van der Waals surface area contributed by atoms with Crippen LogP contribution in [0.4, 0.5) is 11.5 Å². The van der Waals surface area contributed by atoms with E-state index < -0.39 is 0 Å². The van der Waals surface area contributed by atoms with Crippen LogP contribution in [0, 0.1) is 11.3 Å². The second kappa shape index (κ2) is 5.22. The third-order valence-corrected chi connectivity index (χ3v) is 3.50. The topological polar surface area (TPSA) is 65.9 Å². The Balaban J connectivity index is 1.90. The van der Waals surface area contributed by atoms with Gasteiger partial charge in [-0.05, 0) is 42.7 Å². The Labute approximate surface area is 118 Å². The summed E-state index contributed by atoms with van der Waals surface area (Å²) < 4.78 is 0. The van der Waals surface area contributed by atoms with Gasteiger partial charge < -0.3 is 10.6 Å². The standard InChI is InChI=1S/C16H16N4/c17-10-13-2-1-9-19-16(13)20(15-7-8-15)11-12-3-5-14(18)6-4-12/h1-6,9,15H,7-8,11,18H2. The fourth-order valence-electron chi connectivity index (χ4n) is 2.30. The molecule has 20 heavy (non-hydrogen) atoms. The molecule has 1 aromatic heterocycles. The Bertz CT molecular complexity index is 638. The second-order valence-corrected chi connectivity index (χ2v) is 5.09. The van der Waals surface area contributed by atoms with Gasteiger partial charge in [0.25, 0.3) is 0 Å². The number of rotatable bonds is 4. The first kappa shape index (κ1) is 12.5. The van der Waals surface area contributed by atoms with Crippen molar-refractivity contribution >= 4 is 11.5 Å². The molecule has 100 valence electrons. The van der Waals surface area contributed by atoms with Crippen molar-refractivity contribution in [3.63, 3.8) is 0 Å². The van der Waals surface area contributed by atoms with Gasteiger partial charge in [0.2, 0.25) is 0 Å². The Morgan fingerprint density at radius 3 is 2.65 bits per heavy atom. The van der Waals surface area contributed by atoms with Gasteiger partial charge in [0, 0.05) is 24.5 Å². The van der Waals surface area contributed by atoms with E-state index in [1.165, 1.54) is 5.56 Å². The van der Waals surface area contributed by atoms with E-state index in [0.717, 1.165) is 30.9 Å². The summed E-state index contributed by atoms with van der Waals surface area (Å²) in [7, 11) is 0. The molecule has 0 radical (unpaired) electrons. The first-order valence-corrected chi connectivity index (χ1v) is 6.74. The number of aromatic nitrogens is 1. The van der Waals surface area contributed by atoms with E-state index in [9.17, 15) is 5.26 Å². The summed E-state index contributed by atoms with van der Waals surface area (Å²) in [5, 5.41) is 9.24. The highest BCUT2D eigenvalue weighted by Crippen LogP contribution is 2.33. The maximum Gasteiger partial charge on any atom is 0.147 e. The second-order valence-electron chi connectivity index (χ2n) is 5.09. The fraction of sp³-hybridized carbons (Fsp3) is 0.250. The number of nitrogens with two attached hydrogens (primary N) is 1. The molecular formula is C16H16N4. The van der Waals surface area contributed by atoms with Crippen molar-refractivity contribution in [1.82, 2.24) is 4.98 Å². The lowest BCUT2D eigenvalue weighted by Crippen LogP contribution is -2.26. The first-order valence-electron chi connectivity index (χ1n) is 6.74. The van der Waals surface area contributed by atoms with Crippen LogP contribution in [0.1, 0.15) is 24.0 Å². The van der Waals surface area contributed by atoms with Crippen molar-refractivity contribution in [2.24, 2.45) is 0 Å². The van der Waals surface area contributed by atoms with Gasteiger partial charge in [-0.3, -0.25) is 0 Å². The molecule has 0 atom stereocenters. The Morgan fingerprint density at radius 1 is 1.25 bits per heavy atom. The molecule has 3 rings (SSSR count). The molecule has 0 saturated heterocycles. The molecule has 4 heteroatoms. The molecule has 0 aliphatic heterocycles. The maximum atomic E-state index is 9.24. The molecule has 2 N–H and O–H groups in total. The molecule has 1 aliphatic carbocycles. The number of pyridine rings is 1. The van der Waals surface area contributed by atoms with E-state index in [1.54, 1.807) is 12.3 Å². The lowest BCUT2D eigenvalue weighted by molar-refractivity contribution is 0.777. The van der Waals surface area contributed by atoms with Gasteiger partial charge in [-0.2, -0.15) is 5.26 Å². The van der Waals surface area contributed by atoms with Gasteiger partial charge >= 0.3 is 0 Å². The predicted octanol–water partition coefficient (Wildman–Crippen LogP) is 2.70. The van der Waals surface area contributed by atoms with Crippen LogP contribution >= 0.6 is 0 Å². The molecule has 1 fully saturated rings. The SMILES string of the molecule is N#Cc1cccnc1N(Cc1ccc(N)cc1)C1CC1. The van der Waals surface area contributed by atoms with Crippen molar-refractivity contribution in [3.8, 4) is 6.07 Å². The molecule has 0 amide bonds. The van der Waals surface area contributed by atoms with Crippen LogP contribution in [0.25, 0.3) is 0 Å². The number of anilines is 2. The van der Waals surface area contributed by atoms with E-state index in [4.69, 9.17) is 5.73 Å². The smallest absolute Gasteiger partial charge is 0.147 e. The Kier molecular flexibility index (Phi) is 3.26. The largest absolute Gasteiger partial charge is 0.399 e. The van der Waals surface area contributed by atoms with Gasteiger partial charge in [-0.25, -0.2) is 4.98 Å². The monoisotopic (exact) mass is 264 g/mol. The first-order chi connectivity index (χ1) is 9.78. The minimum atomic E-state index is 0.495. The zero-order chi connectivity index (χ0) is 13.9. The molecule has 1 heterocycles. The van der Waals surface area contributed by atoms with Gasteiger partial charge in [0.15, 0.2) is 0 Å². The predicted molar refractivity (Wildman–Crippen MR) is 79.0 cm³/mol. The van der Waals surface area contributed by atoms with Crippen molar-refractivity contribution in [2.45, 2.75) is 25.4 Å². The quantitative estimate of drug-likeness (QED) is 0.862. The number of nitriles is 1. The fourth-order valence-corrected chi connectivity index (χ4v) is 2.30. The summed E-state index contributed by atoms with van der Waals surface area (Å²) in [5.74, 6) is 0.786. The Hall–Kier alpha value is -2.54. The van der Waals surface area contributed by atoms with Crippen molar-refractivity contribution in [2.75, 3.05) is 10.6 Å². The van der Waals surface area contributed by atoms with Gasteiger partial charge in [0.05, 0.1) is 5.56 Å².